The van der Waals surface area contributed by atoms with Gasteiger partial charge in [-0.1, -0.05) is 30.3 Å². The van der Waals surface area contributed by atoms with Crippen molar-refractivity contribution < 1.29 is 17.9 Å². The minimum absolute atomic E-state index is 0.00490. The molecule has 0 bridgehead atoms. The van der Waals surface area contributed by atoms with E-state index in [2.05, 4.69) is 5.32 Å². The van der Waals surface area contributed by atoms with Crippen LogP contribution in [0.3, 0.4) is 0 Å². The van der Waals surface area contributed by atoms with Crippen LogP contribution in [-0.2, 0) is 14.8 Å². The quantitative estimate of drug-likeness (QED) is 0.843. The molecule has 0 saturated carbocycles. The molecule has 1 fully saturated rings. The van der Waals surface area contributed by atoms with Crippen LogP contribution in [0.25, 0.3) is 0 Å². The molecule has 1 saturated heterocycles. The maximum atomic E-state index is 13.0. The van der Waals surface area contributed by atoms with Gasteiger partial charge < -0.3 is 10.1 Å². The van der Waals surface area contributed by atoms with E-state index in [1.54, 1.807) is 36.4 Å². The van der Waals surface area contributed by atoms with Crippen LogP contribution in [0.2, 0.25) is 0 Å². The van der Waals surface area contributed by atoms with Gasteiger partial charge in [-0.05, 0) is 37.1 Å². The van der Waals surface area contributed by atoms with Crippen LogP contribution in [0.15, 0.2) is 59.5 Å². The second kappa shape index (κ2) is 7.88. The van der Waals surface area contributed by atoms with Gasteiger partial charge >= 0.3 is 0 Å². The maximum Gasteiger partial charge on any atom is 0.264 e. The highest BCUT2D eigenvalue weighted by Crippen LogP contribution is 2.24. The van der Waals surface area contributed by atoms with Crippen molar-refractivity contribution in [2.75, 3.05) is 24.5 Å². The Kier molecular flexibility index (Phi) is 5.58. The average Bonchev–Trinajstić information content (AvgIpc) is 3.20. The predicted octanol–water partition coefficient (Wildman–Crippen LogP) is 2.42. The van der Waals surface area contributed by atoms with Crippen molar-refractivity contribution >= 4 is 21.6 Å². The Morgan fingerprint density at radius 2 is 1.85 bits per heavy atom. The zero-order chi connectivity index (χ0) is 18.6. The first kappa shape index (κ1) is 18.4. The molecule has 1 aliphatic heterocycles. The van der Waals surface area contributed by atoms with Gasteiger partial charge in [0.2, 0.25) is 0 Å². The fourth-order valence-electron chi connectivity index (χ4n) is 2.91. The lowest BCUT2D eigenvalue weighted by molar-refractivity contribution is 0.0855. The largest absolute Gasteiger partial charge is 0.376 e. The number of ether oxygens (including phenoxy) is 1. The molecule has 0 spiro atoms. The summed E-state index contributed by atoms with van der Waals surface area (Å²) in [6.07, 6.45) is 1.87. The van der Waals surface area contributed by atoms with Gasteiger partial charge in [-0.25, -0.2) is 8.42 Å². The van der Waals surface area contributed by atoms with Crippen LogP contribution in [0.5, 0.6) is 0 Å². The molecule has 7 heteroatoms. The Labute approximate surface area is 153 Å². The first-order chi connectivity index (χ1) is 12.5. The van der Waals surface area contributed by atoms with Gasteiger partial charge in [0.25, 0.3) is 15.9 Å². The summed E-state index contributed by atoms with van der Waals surface area (Å²) in [7, 11) is -2.39. The minimum Gasteiger partial charge on any atom is -0.376 e. The molecule has 1 N–H and O–H groups in total. The van der Waals surface area contributed by atoms with Crippen molar-refractivity contribution in [1.29, 1.82) is 0 Å². The zero-order valence-corrected chi connectivity index (χ0v) is 15.4. The number of carbonyl (C=O) groups is 1. The van der Waals surface area contributed by atoms with Crippen molar-refractivity contribution in [3.63, 3.8) is 0 Å². The van der Waals surface area contributed by atoms with Gasteiger partial charge in [0.1, 0.15) is 4.90 Å². The van der Waals surface area contributed by atoms with Gasteiger partial charge in [0, 0.05) is 20.2 Å². The number of carbonyl (C=O) groups excluding carboxylic acids is 1. The summed E-state index contributed by atoms with van der Waals surface area (Å²) in [6.45, 7) is 1.08. The summed E-state index contributed by atoms with van der Waals surface area (Å²) >= 11 is 0. The fourth-order valence-corrected chi connectivity index (χ4v) is 4.29. The summed E-state index contributed by atoms with van der Waals surface area (Å²) in [6, 6.07) is 15.0. The molecule has 3 rings (SSSR count). The van der Waals surface area contributed by atoms with E-state index in [1.807, 2.05) is 6.07 Å². The average molecular weight is 374 g/mol. The number of para-hydroxylation sites is 1. The summed E-state index contributed by atoms with van der Waals surface area (Å²) < 4.78 is 32.8. The summed E-state index contributed by atoms with van der Waals surface area (Å²) in [5, 5.41) is 2.79. The standard InChI is InChI=1S/C19H22N2O4S/c1-21(15-8-3-2-4-9-15)26(23,24)18-12-6-5-11-17(18)19(22)20-14-16-10-7-13-25-16/h2-6,8-9,11-12,16H,7,10,13-14H2,1H3,(H,20,22). The van der Waals surface area contributed by atoms with Crippen LogP contribution in [-0.4, -0.2) is 40.6 Å². The van der Waals surface area contributed by atoms with Crippen molar-refractivity contribution in [3.05, 3.63) is 60.2 Å². The molecule has 1 aliphatic rings. The third-order valence-corrected chi connectivity index (χ3v) is 6.25. The van der Waals surface area contributed by atoms with Crippen molar-refractivity contribution in [1.82, 2.24) is 5.32 Å². The second-order valence-electron chi connectivity index (χ2n) is 6.15. The molecule has 6 nitrogen and oxygen atoms in total. The lowest BCUT2D eigenvalue weighted by Crippen LogP contribution is -2.34. The van der Waals surface area contributed by atoms with E-state index < -0.39 is 15.9 Å². The molecule has 1 heterocycles. The van der Waals surface area contributed by atoms with E-state index in [-0.39, 0.29) is 16.6 Å². The summed E-state index contributed by atoms with van der Waals surface area (Å²) in [5.74, 6) is -0.416. The molecule has 0 radical (unpaired) electrons. The van der Waals surface area contributed by atoms with Crippen LogP contribution < -0.4 is 9.62 Å². The number of hydrogen-bond acceptors (Lipinski definition) is 4. The molecular weight excluding hydrogens is 352 g/mol. The number of nitrogens with one attached hydrogen (secondary N) is 1. The lowest BCUT2D eigenvalue weighted by atomic mass is 10.2. The third-order valence-electron chi connectivity index (χ3n) is 4.40. The van der Waals surface area contributed by atoms with E-state index >= 15 is 0 Å². The Balaban J connectivity index is 1.84. The molecule has 0 aromatic heterocycles. The highest BCUT2D eigenvalue weighted by molar-refractivity contribution is 7.92. The molecule has 2 aromatic rings. The lowest BCUT2D eigenvalue weighted by Gasteiger charge is -2.21. The molecule has 0 aliphatic carbocycles. The Morgan fingerprint density at radius 1 is 1.15 bits per heavy atom. The van der Waals surface area contributed by atoms with E-state index in [0.29, 0.717) is 18.8 Å². The van der Waals surface area contributed by atoms with Gasteiger partial charge in [0.05, 0.1) is 17.4 Å². The van der Waals surface area contributed by atoms with Gasteiger partial charge in [-0.2, -0.15) is 0 Å². The number of hydrogen-bond donors (Lipinski definition) is 1. The van der Waals surface area contributed by atoms with Crippen LogP contribution in [0, 0.1) is 0 Å². The molecule has 1 atom stereocenters. The molecule has 2 aromatic carbocycles. The third kappa shape index (κ3) is 3.89. The van der Waals surface area contributed by atoms with E-state index in [4.69, 9.17) is 4.74 Å². The van der Waals surface area contributed by atoms with Gasteiger partial charge in [-0.3, -0.25) is 9.10 Å². The van der Waals surface area contributed by atoms with E-state index in [0.717, 1.165) is 12.8 Å². The smallest absolute Gasteiger partial charge is 0.264 e. The number of benzene rings is 2. The topological polar surface area (TPSA) is 75.7 Å². The number of nitrogens with zero attached hydrogens (tertiary/aromatic N) is 1. The molecule has 1 unspecified atom stereocenters. The maximum absolute atomic E-state index is 13.0. The highest BCUT2D eigenvalue weighted by atomic mass is 32.2. The monoisotopic (exact) mass is 374 g/mol. The van der Waals surface area contributed by atoms with E-state index in [1.165, 1.54) is 23.5 Å². The molecule has 138 valence electrons. The summed E-state index contributed by atoms with van der Waals surface area (Å²) in [4.78, 5) is 12.6. The van der Waals surface area contributed by atoms with Crippen LogP contribution in [0.1, 0.15) is 23.2 Å². The minimum atomic E-state index is -3.86. The first-order valence-corrected chi connectivity index (χ1v) is 9.97. The van der Waals surface area contributed by atoms with Crippen molar-refractivity contribution in [2.24, 2.45) is 0 Å². The predicted molar refractivity (Wildman–Crippen MR) is 99.8 cm³/mol. The Morgan fingerprint density at radius 3 is 2.54 bits per heavy atom. The normalized spacial score (nSPS) is 17.0. The van der Waals surface area contributed by atoms with Crippen LogP contribution >= 0.6 is 0 Å². The highest BCUT2D eigenvalue weighted by Gasteiger charge is 2.27. The van der Waals surface area contributed by atoms with Crippen molar-refractivity contribution in [2.45, 2.75) is 23.8 Å². The molecule has 1 amide bonds. The molecular formula is C19H22N2O4S. The molecule has 26 heavy (non-hydrogen) atoms. The number of amides is 1. The van der Waals surface area contributed by atoms with Gasteiger partial charge in [-0.15, -0.1) is 0 Å². The van der Waals surface area contributed by atoms with E-state index in [9.17, 15) is 13.2 Å². The summed E-state index contributed by atoms with van der Waals surface area (Å²) in [5.41, 5.74) is 0.662. The van der Waals surface area contributed by atoms with Crippen molar-refractivity contribution in [3.8, 4) is 0 Å². The Hall–Kier alpha value is -2.38. The van der Waals surface area contributed by atoms with Crippen LogP contribution in [0.4, 0.5) is 5.69 Å². The zero-order valence-electron chi connectivity index (χ0n) is 14.6. The SMILES string of the molecule is CN(c1ccccc1)S(=O)(=O)c1ccccc1C(=O)NCC1CCCO1. The van der Waals surface area contributed by atoms with Gasteiger partial charge in [0.15, 0.2) is 0 Å². The fraction of sp³-hybridized carbons (Fsp3) is 0.316. The Bertz CT molecular complexity index is 862. The number of rotatable bonds is 6. The number of anilines is 1. The number of sulfonamides is 1. The second-order valence-corrected chi connectivity index (χ2v) is 8.09. The first-order valence-electron chi connectivity index (χ1n) is 8.53.